The topological polar surface area (TPSA) is 55.5 Å². The average molecular weight is 201 g/mol. The molecule has 0 aromatic carbocycles. The smallest absolute Gasteiger partial charge is 0.389 e. The Morgan fingerprint density at radius 1 is 1.38 bits per heavy atom. The van der Waals surface area contributed by atoms with Gasteiger partial charge in [-0.2, -0.15) is 13.2 Å². The van der Waals surface area contributed by atoms with Crippen LogP contribution in [0.3, 0.4) is 0 Å². The summed E-state index contributed by atoms with van der Waals surface area (Å²) < 4.78 is 38.9. The highest BCUT2D eigenvalue weighted by Gasteiger charge is 2.28. The summed E-state index contributed by atoms with van der Waals surface area (Å²) in [6.07, 6.45) is -4.21. The molecule has 0 radical (unpaired) electrons. The predicted octanol–water partition coefficient (Wildman–Crippen LogP) is 0.665. The first-order valence-electron chi connectivity index (χ1n) is 3.84. The van der Waals surface area contributed by atoms with Crippen molar-refractivity contribution < 1.29 is 23.0 Å². The van der Waals surface area contributed by atoms with Crippen molar-refractivity contribution in [1.29, 1.82) is 0 Å². The summed E-state index contributed by atoms with van der Waals surface area (Å²) in [5.74, 6) is 0. The summed E-state index contributed by atoms with van der Waals surface area (Å²) >= 11 is 0. The van der Waals surface area contributed by atoms with E-state index in [1.54, 1.807) is 0 Å². The predicted molar refractivity (Wildman–Crippen MR) is 41.2 cm³/mol. The Bertz CT molecular complexity index is 147. The molecule has 0 aromatic rings. The highest BCUT2D eigenvalue weighted by molar-refractivity contribution is 4.72. The van der Waals surface area contributed by atoms with E-state index in [4.69, 9.17) is 5.73 Å². The maximum absolute atomic E-state index is 11.5. The van der Waals surface area contributed by atoms with E-state index >= 15 is 0 Å². The van der Waals surface area contributed by atoms with Crippen LogP contribution in [0.2, 0.25) is 0 Å². The van der Waals surface area contributed by atoms with Gasteiger partial charge in [0.05, 0.1) is 5.60 Å². The van der Waals surface area contributed by atoms with Gasteiger partial charge in [0.2, 0.25) is 0 Å². The number of ether oxygens (including phenoxy) is 1. The van der Waals surface area contributed by atoms with Crippen molar-refractivity contribution in [2.75, 3.05) is 19.8 Å². The second-order valence-corrected chi connectivity index (χ2v) is 3.12. The molecule has 6 heteroatoms. The molecular formula is C7H14F3NO2. The molecule has 0 bridgehead atoms. The lowest BCUT2D eigenvalue weighted by Gasteiger charge is -2.20. The summed E-state index contributed by atoms with van der Waals surface area (Å²) in [6, 6.07) is 0. The lowest BCUT2D eigenvalue weighted by molar-refractivity contribution is -0.176. The SMILES string of the molecule is CC(O)(CN)CCOCC(F)(F)F. The first-order chi connectivity index (χ1) is 5.77. The number of alkyl halides is 3. The molecule has 0 fully saturated rings. The van der Waals surface area contributed by atoms with Gasteiger partial charge in [-0.05, 0) is 6.92 Å². The standard InChI is InChI=1S/C7H14F3NO2/c1-6(12,4-11)2-3-13-5-7(8,9)10/h12H,2-5,11H2,1H3. The fourth-order valence-electron chi connectivity index (χ4n) is 0.582. The second-order valence-electron chi connectivity index (χ2n) is 3.12. The van der Waals surface area contributed by atoms with Crippen molar-refractivity contribution in [1.82, 2.24) is 0 Å². The van der Waals surface area contributed by atoms with E-state index in [1.165, 1.54) is 6.92 Å². The number of halogens is 3. The Balaban J connectivity index is 3.47. The van der Waals surface area contributed by atoms with Crippen LogP contribution in [-0.2, 0) is 4.74 Å². The number of rotatable bonds is 5. The van der Waals surface area contributed by atoms with Gasteiger partial charge >= 0.3 is 6.18 Å². The Labute approximate surface area is 74.7 Å². The van der Waals surface area contributed by atoms with Gasteiger partial charge in [0, 0.05) is 19.6 Å². The second kappa shape index (κ2) is 4.78. The van der Waals surface area contributed by atoms with Gasteiger partial charge in [0.25, 0.3) is 0 Å². The van der Waals surface area contributed by atoms with Gasteiger partial charge in [-0.15, -0.1) is 0 Å². The molecule has 3 nitrogen and oxygen atoms in total. The molecule has 0 aromatic heterocycles. The zero-order valence-electron chi connectivity index (χ0n) is 7.40. The van der Waals surface area contributed by atoms with Crippen molar-refractivity contribution in [2.45, 2.75) is 25.1 Å². The minimum Gasteiger partial charge on any atom is -0.389 e. The summed E-state index contributed by atoms with van der Waals surface area (Å²) in [5.41, 5.74) is 4.00. The van der Waals surface area contributed by atoms with E-state index in [0.29, 0.717) is 0 Å². The number of aliphatic hydroxyl groups is 1. The van der Waals surface area contributed by atoms with Crippen LogP contribution in [-0.4, -0.2) is 36.6 Å². The number of nitrogens with two attached hydrogens (primary N) is 1. The molecule has 0 rings (SSSR count). The maximum atomic E-state index is 11.5. The van der Waals surface area contributed by atoms with Crippen molar-refractivity contribution in [2.24, 2.45) is 5.73 Å². The molecule has 0 aliphatic rings. The van der Waals surface area contributed by atoms with Gasteiger partial charge < -0.3 is 15.6 Å². The summed E-state index contributed by atoms with van der Waals surface area (Å²) in [6.45, 7) is 0.0175. The summed E-state index contributed by atoms with van der Waals surface area (Å²) in [4.78, 5) is 0. The first kappa shape index (κ1) is 12.7. The van der Waals surface area contributed by atoms with Gasteiger partial charge in [-0.3, -0.25) is 0 Å². The highest BCUT2D eigenvalue weighted by Crippen LogP contribution is 2.15. The van der Waals surface area contributed by atoms with Crippen molar-refractivity contribution in [3.8, 4) is 0 Å². The molecular weight excluding hydrogens is 187 g/mol. The fourth-order valence-corrected chi connectivity index (χ4v) is 0.582. The van der Waals surface area contributed by atoms with Crippen LogP contribution < -0.4 is 5.73 Å². The molecule has 3 N–H and O–H groups in total. The third-order valence-corrected chi connectivity index (χ3v) is 1.49. The van der Waals surface area contributed by atoms with E-state index in [0.717, 1.165) is 0 Å². The Hall–Kier alpha value is -0.330. The number of hydrogen-bond acceptors (Lipinski definition) is 3. The quantitative estimate of drug-likeness (QED) is 0.642. The molecule has 0 saturated carbocycles. The number of hydrogen-bond donors (Lipinski definition) is 2. The van der Waals surface area contributed by atoms with Gasteiger partial charge in [-0.1, -0.05) is 0 Å². The van der Waals surface area contributed by atoms with Crippen LogP contribution in [0.1, 0.15) is 13.3 Å². The van der Waals surface area contributed by atoms with E-state index in [9.17, 15) is 18.3 Å². The molecule has 0 spiro atoms. The fraction of sp³-hybridized carbons (Fsp3) is 1.00. The molecule has 0 aliphatic carbocycles. The lowest BCUT2D eigenvalue weighted by Crippen LogP contribution is -2.35. The molecule has 1 unspecified atom stereocenters. The average Bonchev–Trinajstić information content (AvgIpc) is 1.97. The molecule has 0 amide bonds. The zero-order valence-corrected chi connectivity index (χ0v) is 7.40. The normalized spacial score (nSPS) is 17.1. The molecule has 0 saturated heterocycles. The van der Waals surface area contributed by atoms with E-state index in [2.05, 4.69) is 4.74 Å². The Morgan fingerprint density at radius 2 is 1.92 bits per heavy atom. The third kappa shape index (κ3) is 8.01. The van der Waals surface area contributed by atoms with Crippen molar-refractivity contribution >= 4 is 0 Å². The van der Waals surface area contributed by atoms with Gasteiger partial charge in [-0.25, -0.2) is 0 Å². The zero-order chi connectivity index (χ0) is 10.5. The van der Waals surface area contributed by atoms with E-state index in [1.807, 2.05) is 0 Å². The third-order valence-electron chi connectivity index (χ3n) is 1.49. The monoisotopic (exact) mass is 201 g/mol. The first-order valence-corrected chi connectivity index (χ1v) is 3.84. The van der Waals surface area contributed by atoms with Crippen LogP contribution >= 0.6 is 0 Å². The van der Waals surface area contributed by atoms with E-state index in [-0.39, 0.29) is 19.6 Å². The van der Waals surface area contributed by atoms with Crippen LogP contribution in [0.4, 0.5) is 13.2 Å². The highest BCUT2D eigenvalue weighted by atomic mass is 19.4. The van der Waals surface area contributed by atoms with Crippen LogP contribution in [0.25, 0.3) is 0 Å². The largest absolute Gasteiger partial charge is 0.411 e. The molecule has 80 valence electrons. The lowest BCUT2D eigenvalue weighted by atomic mass is 10.0. The molecule has 13 heavy (non-hydrogen) atoms. The van der Waals surface area contributed by atoms with Crippen LogP contribution in [0.5, 0.6) is 0 Å². The molecule has 1 atom stereocenters. The maximum Gasteiger partial charge on any atom is 0.411 e. The van der Waals surface area contributed by atoms with Crippen LogP contribution in [0, 0.1) is 0 Å². The minimum absolute atomic E-state index is 0.00236. The van der Waals surface area contributed by atoms with Crippen LogP contribution in [0.15, 0.2) is 0 Å². The Kier molecular flexibility index (Phi) is 4.66. The van der Waals surface area contributed by atoms with Gasteiger partial charge in [0.1, 0.15) is 6.61 Å². The molecule has 0 heterocycles. The van der Waals surface area contributed by atoms with Crippen molar-refractivity contribution in [3.05, 3.63) is 0 Å². The van der Waals surface area contributed by atoms with Crippen molar-refractivity contribution in [3.63, 3.8) is 0 Å². The minimum atomic E-state index is -4.31. The summed E-state index contributed by atoms with van der Waals surface area (Å²) in [7, 11) is 0. The Morgan fingerprint density at radius 3 is 2.31 bits per heavy atom. The van der Waals surface area contributed by atoms with E-state index < -0.39 is 18.4 Å². The summed E-state index contributed by atoms with van der Waals surface area (Å²) in [5, 5.41) is 9.27. The van der Waals surface area contributed by atoms with Gasteiger partial charge in [0.15, 0.2) is 0 Å². The molecule has 0 aliphatic heterocycles.